The first-order chi connectivity index (χ1) is 9.83. The quantitative estimate of drug-likeness (QED) is 0.563. The Hall–Kier alpha value is -2.20. The molecular weight excluding hydrogens is 300 g/mol. The van der Waals surface area contributed by atoms with E-state index in [0.29, 0.717) is 0 Å². The molecule has 2 saturated heterocycles. The van der Waals surface area contributed by atoms with Crippen LogP contribution in [0.3, 0.4) is 0 Å². The molecule has 3 N–H and O–H groups in total. The normalized spacial score (nSPS) is 26.1. The topological polar surface area (TPSA) is 128 Å². The van der Waals surface area contributed by atoms with Crippen LogP contribution in [0, 0.1) is 0 Å². The highest BCUT2D eigenvalue weighted by Crippen LogP contribution is 2.28. The molecule has 0 radical (unpaired) electrons. The zero-order chi connectivity index (χ0) is 15.3. The number of imide groups is 1. The number of rotatable bonds is 2. The molecule has 3 amide bonds. The summed E-state index contributed by atoms with van der Waals surface area (Å²) in [6, 6.07) is 1.69. The highest BCUT2D eigenvalue weighted by atomic mass is 32.2. The molecule has 1 atom stereocenters. The summed E-state index contributed by atoms with van der Waals surface area (Å²) in [4.78, 5) is 36.2. The number of pyridine rings is 1. The molecule has 1 aromatic heterocycles. The molecule has 112 valence electrons. The van der Waals surface area contributed by atoms with Gasteiger partial charge in [-0.2, -0.15) is 4.31 Å². The van der Waals surface area contributed by atoms with Gasteiger partial charge in [0.1, 0.15) is 5.54 Å². The number of nitrogens with one attached hydrogen (secondary N) is 3. The van der Waals surface area contributed by atoms with E-state index in [1.807, 2.05) is 0 Å². The molecule has 0 saturated carbocycles. The summed E-state index contributed by atoms with van der Waals surface area (Å²) in [7, 11) is -3.83. The van der Waals surface area contributed by atoms with Gasteiger partial charge in [-0.05, 0) is 12.5 Å². The Kier molecular flexibility index (Phi) is 2.88. The van der Waals surface area contributed by atoms with Crippen LogP contribution in [-0.2, 0) is 14.8 Å². The Morgan fingerprint density at radius 1 is 1.19 bits per heavy atom. The Labute approximate surface area is 119 Å². The van der Waals surface area contributed by atoms with Crippen LogP contribution >= 0.6 is 0 Å². The lowest BCUT2D eigenvalue weighted by atomic mass is 10.00. The number of urea groups is 1. The molecule has 0 bridgehead atoms. The van der Waals surface area contributed by atoms with E-state index in [2.05, 4.69) is 15.6 Å². The molecule has 1 spiro atoms. The molecule has 2 fully saturated rings. The molecule has 9 nitrogen and oxygen atoms in total. The van der Waals surface area contributed by atoms with Gasteiger partial charge in [-0.3, -0.25) is 14.9 Å². The third-order valence-corrected chi connectivity index (χ3v) is 5.48. The maximum absolute atomic E-state index is 12.4. The number of sulfonamides is 1. The fourth-order valence-corrected chi connectivity index (χ4v) is 3.97. The second kappa shape index (κ2) is 4.40. The van der Waals surface area contributed by atoms with Crippen LogP contribution in [0.5, 0.6) is 0 Å². The van der Waals surface area contributed by atoms with Crippen molar-refractivity contribution in [3.8, 4) is 0 Å². The van der Waals surface area contributed by atoms with Gasteiger partial charge in [0.2, 0.25) is 15.6 Å². The van der Waals surface area contributed by atoms with Crippen molar-refractivity contribution in [2.45, 2.75) is 16.9 Å². The third-order valence-electron chi connectivity index (χ3n) is 3.64. The van der Waals surface area contributed by atoms with Crippen LogP contribution < -0.4 is 16.2 Å². The lowest BCUT2D eigenvalue weighted by Gasteiger charge is -2.20. The van der Waals surface area contributed by atoms with Gasteiger partial charge in [0.05, 0.1) is 4.90 Å². The molecule has 3 rings (SSSR count). The molecule has 3 heterocycles. The Bertz CT molecular complexity index is 766. The Morgan fingerprint density at radius 2 is 1.95 bits per heavy atom. The van der Waals surface area contributed by atoms with Gasteiger partial charge in [0.25, 0.3) is 5.91 Å². The zero-order valence-electron chi connectivity index (χ0n) is 10.8. The smallest absolute Gasteiger partial charge is 0.322 e. The van der Waals surface area contributed by atoms with Gasteiger partial charge >= 0.3 is 6.03 Å². The number of amides is 3. The number of aromatic amines is 1. The Balaban J connectivity index is 1.89. The minimum absolute atomic E-state index is 0.0659. The first kappa shape index (κ1) is 13.8. The van der Waals surface area contributed by atoms with Crippen LogP contribution in [-0.4, -0.2) is 48.3 Å². The van der Waals surface area contributed by atoms with Crippen molar-refractivity contribution in [2.24, 2.45) is 0 Å². The van der Waals surface area contributed by atoms with E-state index in [0.717, 1.165) is 16.6 Å². The van der Waals surface area contributed by atoms with E-state index < -0.39 is 33.1 Å². The first-order valence-electron chi connectivity index (χ1n) is 6.16. The molecule has 10 heteroatoms. The van der Waals surface area contributed by atoms with Crippen molar-refractivity contribution in [1.82, 2.24) is 19.9 Å². The predicted molar refractivity (Wildman–Crippen MR) is 69.8 cm³/mol. The van der Waals surface area contributed by atoms with Crippen molar-refractivity contribution in [2.75, 3.05) is 13.1 Å². The molecule has 1 unspecified atom stereocenters. The minimum Gasteiger partial charge on any atom is -0.328 e. The molecule has 2 aliphatic rings. The summed E-state index contributed by atoms with van der Waals surface area (Å²) < 4.78 is 26.0. The first-order valence-corrected chi connectivity index (χ1v) is 7.60. The van der Waals surface area contributed by atoms with Crippen LogP contribution in [0.2, 0.25) is 0 Å². The van der Waals surface area contributed by atoms with Gasteiger partial charge in [-0.1, -0.05) is 0 Å². The lowest BCUT2D eigenvalue weighted by molar-refractivity contribution is -0.123. The summed E-state index contributed by atoms with van der Waals surface area (Å²) in [5.41, 5.74) is -1.61. The number of aromatic nitrogens is 1. The number of nitrogens with zero attached hydrogens (tertiary/aromatic N) is 1. The minimum atomic E-state index is -3.83. The van der Waals surface area contributed by atoms with E-state index in [4.69, 9.17) is 0 Å². The highest BCUT2D eigenvalue weighted by molar-refractivity contribution is 7.89. The maximum atomic E-state index is 12.4. The lowest BCUT2D eigenvalue weighted by Crippen LogP contribution is -2.49. The number of hydrogen-bond acceptors (Lipinski definition) is 5. The number of carbonyl (C=O) groups is 2. The van der Waals surface area contributed by atoms with Crippen molar-refractivity contribution in [3.05, 3.63) is 28.7 Å². The summed E-state index contributed by atoms with van der Waals surface area (Å²) in [6.45, 7) is -0.0266. The van der Waals surface area contributed by atoms with Crippen LogP contribution in [0.25, 0.3) is 0 Å². The molecule has 21 heavy (non-hydrogen) atoms. The average Bonchev–Trinajstić information content (AvgIpc) is 2.96. The Morgan fingerprint density at radius 3 is 2.52 bits per heavy atom. The van der Waals surface area contributed by atoms with E-state index >= 15 is 0 Å². The number of hydrogen-bond donors (Lipinski definition) is 3. The second-order valence-corrected chi connectivity index (χ2v) is 6.91. The summed E-state index contributed by atoms with van der Waals surface area (Å²) in [5.74, 6) is -0.522. The van der Waals surface area contributed by atoms with Crippen molar-refractivity contribution in [3.63, 3.8) is 0 Å². The van der Waals surface area contributed by atoms with Gasteiger partial charge in [-0.15, -0.1) is 0 Å². The summed E-state index contributed by atoms with van der Waals surface area (Å²) in [5, 5.41) is 4.59. The van der Waals surface area contributed by atoms with Crippen LogP contribution in [0.15, 0.2) is 28.0 Å². The predicted octanol–water partition coefficient (Wildman–Crippen LogP) is -1.65. The molecule has 0 aliphatic carbocycles. The van der Waals surface area contributed by atoms with Crippen molar-refractivity contribution in [1.29, 1.82) is 0 Å². The number of carbonyl (C=O) groups excluding carboxylic acids is 2. The van der Waals surface area contributed by atoms with Crippen LogP contribution in [0.4, 0.5) is 4.79 Å². The van der Waals surface area contributed by atoms with Crippen molar-refractivity contribution < 1.29 is 18.0 Å². The molecular formula is C11H12N4O5S. The van der Waals surface area contributed by atoms with E-state index in [-0.39, 0.29) is 24.4 Å². The monoisotopic (exact) mass is 312 g/mol. The van der Waals surface area contributed by atoms with Crippen LogP contribution in [0.1, 0.15) is 6.42 Å². The van der Waals surface area contributed by atoms with Gasteiger partial charge < -0.3 is 10.3 Å². The fourth-order valence-electron chi connectivity index (χ4n) is 2.50. The van der Waals surface area contributed by atoms with E-state index in [1.165, 1.54) is 6.07 Å². The second-order valence-electron chi connectivity index (χ2n) is 4.97. The molecule has 2 aliphatic heterocycles. The summed E-state index contributed by atoms with van der Waals surface area (Å²) >= 11 is 0. The SMILES string of the molecule is O=C1NC(=O)C2(CCN(S(=O)(=O)c3ccc(=O)[nH]c3)C2)N1. The number of H-pyrrole nitrogens is 1. The molecule has 0 aromatic carbocycles. The van der Waals surface area contributed by atoms with E-state index in [9.17, 15) is 22.8 Å². The zero-order valence-corrected chi connectivity index (χ0v) is 11.6. The van der Waals surface area contributed by atoms with Gasteiger partial charge in [-0.25, -0.2) is 13.2 Å². The fraction of sp³-hybridized carbons (Fsp3) is 0.364. The average molecular weight is 312 g/mol. The third kappa shape index (κ3) is 2.12. The van der Waals surface area contributed by atoms with Crippen molar-refractivity contribution >= 4 is 22.0 Å². The summed E-state index contributed by atoms with van der Waals surface area (Å²) in [6.07, 6.45) is 1.31. The largest absolute Gasteiger partial charge is 0.328 e. The standard InChI is InChI=1S/C11H12N4O5S/c16-8-2-1-7(5-12-8)21(19,20)15-4-3-11(6-15)9(17)13-10(18)14-11/h1-2,5H,3-4,6H2,(H,12,16)(H2,13,14,17,18). The molecule has 1 aromatic rings. The highest BCUT2D eigenvalue weighted by Gasteiger charge is 2.53. The van der Waals surface area contributed by atoms with E-state index in [1.54, 1.807) is 0 Å². The van der Waals surface area contributed by atoms with Gasteiger partial charge in [0, 0.05) is 25.4 Å². The maximum Gasteiger partial charge on any atom is 0.322 e. The van der Waals surface area contributed by atoms with Gasteiger partial charge in [0.15, 0.2) is 0 Å².